The van der Waals surface area contributed by atoms with Crippen LogP contribution < -0.4 is 0 Å². The Kier molecular flexibility index (Phi) is 5.05. The number of non-ortho nitro benzene ring substituents is 1. The molecule has 0 aliphatic carbocycles. The molecule has 1 aromatic carbocycles. The van der Waals surface area contributed by atoms with Crippen molar-refractivity contribution in [2.45, 2.75) is 19.3 Å². The summed E-state index contributed by atoms with van der Waals surface area (Å²) in [5, 5.41) is 10.5. The Morgan fingerprint density at radius 1 is 1.50 bits per heavy atom. The molecule has 1 aromatic rings. The van der Waals surface area contributed by atoms with E-state index < -0.39 is 4.92 Å². The zero-order valence-corrected chi connectivity index (χ0v) is 10.2. The van der Waals surface area contributed by atoms with Crippen molar-refractivity contribution >= 4 is 11.7 Å². The van der Waals surface area contributed by atoms with Crippen molar-refractivity contribution in [3.63, 3.8) is 0 Å². The maximum absolute atomic E-state index is 11.4. The van der Waals surface area contributed by atoms with Gasteiger partial charge < -0.3 is 4.74 Å². The highest BCUT2D eigenvalue weighted by Crippen LogP contribution is 2.23. The van der Waals surface area contributed by atoms with Crippen LogP contribution in [0.4, 0.5) is 5.69 Å². The van der Waals surface area contributed by atoms with Crippen molar-refractivity contribution in [1.29, 1.82) is 0 Å². The summed E-state index contributed by atoms with van der Waals surface area (Å²) in [5.41, 5.74) is 0.835. The molecule has 0 aromatic heterocycles. The molecule has 5 nitrogen and oxygen atoms in total. The van der Waals surface area contributed by atoms with Crippen LogP contribution in [-0.2, 0) is 9.53 Å². The van der Waals surface area contributed by atoms with E-state index in [1.54, 1.807) is 25.1 Å². The van der Waals surface area contributed by atoms with E-state index in [2.05, 4.69) is 6.58 Å². The minimum atomic E-state index is -0.460. The number of rotatable bonds is 6. The number of carbonyl (C=O) groups excluding carboxylic acids is 1. The quantitative estimate of drug-likeness (QED) is 0.336. The zero-order chi connectivity index (χ0) is 13.5. The molecule has 1 atom stereocenters. The number of allylic oxidation sites excluding steroid dienone is 1. The number of nitrogens with zero attached hydrogens (tertiary/aromatic N) is 1. The molecule has 0 heterocycles. The summed E-state index contributed by atoms with van der Waals surface area (Å²) in [6.07, 6.45) is 1.83. The summed E-state index contributed by atoms with van der Waals surface area (Å²) in [4.78, 5) is 21.4. The second-order valence-electron chi connectivity index (χ2n) is 3.70. The van der Waals surface area contributed by atoms with E-state index in [1.807, 2.05) is 0 Å². The van der Waals surface area contributed by atoms with Gasteiger partial charge in [-0.3, -0.25) is 14.9 Å². The third-order valence-electron chi connectivity index (χ3n) is 2.51. The van der Waals surface area contributed by atoms with Gasteiger partial charge in [0.1, 0.15) is 0 Å². The summed E-state index contributed by atoms with van der Waals surface area (Å²) in [6, 6.07) is 6.08. The van der Waals surface area contributed by atoms with Gasteiger partial charge in [-0.05, 0) is 12.5 Å². The number of benzene rings is 1. The number of hydrogen-bond donors (Lipinski definition) is 0. The van der Waals surface area contributed by atoms with Crippen molar-refractivity contribution in [2.75, 3.05) is 6.61 Å². The minimum absolute atomic E-state index is 0.0256. The predicted molar refractivity (Wildman–Crippen MR) is 67.3 cm³/mol. The van der Waals surface area contributed by atoms with Crippen LogP contribution in [0.1, 0.15) is 24.8 Å². The van der Waals surface area contributed by atoms with Gasteiger partial charge in [-0.25, -0.2) is 0 Å². The molecule has 0 N–H and O–H groups in total. The molecule has 0 saturated heterocycles. The van der Waals surface area contributed by atoms with Gasteiger partial charge in [-0.1, -0.05) is 18.2 Å². The smallest absolute Gasteiger partial charge is 0.306 e. The molecule has 0 amide bonds. The van der Waals surface area contributed by atoms with Crippen LogP contribution in [0.25, 0.3) is 0 Å². The van der Waals surface area contributed by atoms with Crippen molar-refractivity contribution < 1.29 is 14.5 Å². The molecule has 0 saturated carbocycles. The van der Waals surface area contributed by atoms with E-state index in [0.29, 0.717) is 6.61 Å². The Morgan fingerprint density at radius 2 is 2.11 bits per heavy atom. The van der Waals surface area contributed by atoms with Gasteiger partial charge in [0.05, 0.1) is 18.0 Å². The standard InChI is InChI=1S/C13H15NO4/c1-3-10(9-13(15)18-4-2)11-5-7-12(8-6-11)14(16)17/h3,5-8,10H,1,4,9H2,2H3. The number of esters is 1. The van der Waals surface area contributed by atoms with Crippen molar-refractivity contribution in [2.24, 2.45) is 0 Å². The van der Waals surface area contributed by atoms with Crippen LogP contribution in [-0.4, -0.2) is 17.5 Å². The molecule has 18 heavy (non-hydrogen) atoms. The largest absolute Gasteiger partial charge is 0.466 e. The van der Waals surface area contributed by atoms with E-state index in [0.717, 1.165) is 5.56 Å². The van der Waals surface area contributed by atoms with E-state index >= 15 is 0 Å². The molecule has 0 aliphatic heterocycles. The maximum Gasteiger partial charge on any atom is 0.306 e. The molecule has 0 spiro atoms. The number of nitro groups is 1. The minimum Gasteiger partial charge on any atom is -0.466 e. The lowest BCUT2D eigenvalue weighted by molar-refractivity contribution is -0.384. The van der Waals surface area contributed by atoms with Crippen LogP contribution in [0.2, 0.25) is 0 Å². The normalized spacial score (nSPS) is 11.6. The second-order valence-corrected chi connectivity index (χ2v) is 3.70. The predicted octanol–water partition coefficient (Wildman–Crippen LogP) is 2.82. The first-order valence-electron chi connectivity index (χ1n) is 5.61. The SMILES string of the molecule is C=CC(CC(=O)OCC)c1ccc([N+](=O)[O-])cc1. The number of nitro benzene ring substituents is 1. The molecule has 0 radical (unpaired) electrons. The van der Waals surface area contributed by atoms with Gasteiger partial charge >= 0.3 is 5.97 Å². The van der Waals surface area contributed by atoms with E-state index in [4.69, 9.17) is 4.74 Å². The van der Waals surface area contributed by atoms with Gasteiger partial charge in [-0.2, -0.15) is 0 Å². The Bertz CT molecular complexity index is 439. The summed E-state index contributed by atoms with van der Waals surface area (Å²) >= 11 is 0. The number of carbonyl (C=O) groups is 1. The molecule has 5 heteroatoms. The van der Waals surface area contributed by atoms with E-state index in [9.17, 15) is 14.9 Å². The molecular formula is C13H15NO4. The highest BCUT2D eigenvalue weighted by atomic mass is 16.6. The summed E-state index contributed by atoms with van der Waals surface area (Å²) in [6.45, 7) is 5.75. The summed E-state index contributed by atoms with van der Waals surface area (Å²) in [7, 11) is 0. The Hall–Kier alpha value is -2.17. The van der Waals surface area contributed by atoms with E-state index in [1.165, 1.54) is 12.1 Å². The van der Waals surface area contributed by atoms with E-state index in [-0.39, 0.29) is 24.0 Å². The van der Waals surface area contributed by atoms with Gasteiger partial charge in [0.2, 0.25) is 0 Å². The van der Waals surface area contributed by atoms with Crippen molar-refractivity contribution in [1.82, 2.24) is 0 Å². The fourth-order valence-corrected chi connectivity index (χ4v) is 1.58. The fraction of sp³-hybridized carbons (Fsp3) is 0.308. The molecule has 0 aliphatic rings. The summed E-state index contributed by atoms with van der Waals surface area (Å²) in [5.74, 6) is -0.495. The highest BCUT2D eigenvalue weighted by Gasteiger charge is 2.15. The first kappa shape index (κ1) is 13.9. The fourth-order valence-electron chi connectivity index (χ4n) is 1.58. The second kappa shape index (κ2) is 6.54. The Labute approximate surface area is 105 Å². The Balaban J connectivity index is 2.79. The average Bonchev–Trinajstić information content (AvgIpc) is 2.36. The van der Waals surface area contributed by atoms with Crippen molar-refractivity contribution in [3.05, 3.63) is 52.6 Å². The van der Waals surface area contributed by atoms with Crippen LogP contribution in [0, 0.1) is 10.1 Å². The number of ether oxygens (including phenoxy) is 1. The highest BCUT2D eigenvalue weighted by molar-refractivity contribution is 5.71. The molecular weight excluding hydrogens is 234 g/mol. The van der Waals surface area contributed by atoms with Crippen LogP contribution >= 0.6 is 0 Å². The van der Waals surface area contributed by atoms with Gasteiger partial charge in [0, 0.05) is 18.1 Å². The lowest BCUT2D eigenvalue weighted by atomic mass is 9.96. The average molecular weight is 249 g/mol. The van der Waals surface area contributed by atoms with Crippen LogP contribution in [0.3, 0.4) is 0 Å². The Morgan fingerprint density at radius 3 is 2.56 bits per heavy atom. The topological polar surface area (TPSA) is 69.4 Å². The van der Waals surface area contributed by atoms with Gasteiger partial charge in [-0.15, -0.1) is 6.58 Å². The van der Waals surface area contributed by atoms with Crippen LogP contribution in [0.5, 0.6) is 0 Å². The van der Waals surface area contributed by atoms with Gasteiger partial charge in [0.25, 0.3) is 5.69 Å². The first-order chi connectivity index (χ1) is 8.58. The molecule has 0 fully saturated rings. The lowest BCUT2D eigenvalue weighted by Crippen LogP contribution is -2.09. The van der Waals surface area contributed by atoms with Crippen molar-refractivity contribution in [3.8, 4) is 0 Å². The zero-order valence-electron chi connectivity index (χ0n) is 10.2. The molecule has 1 rings (SSSR count). The lowest BCUT2D eigenvalue weighted by Gasteiger charge is -2.11. The molecule has 0 bridgehead atoms. The molecule has 96 valence electrons. The third kappa shape index (κ3) is 3.69. The van der Waals surface area contributed by atoms with Gasteiger partial charge in [0.15, 0.2) is 0 Å². The maximum atomic E-state index is 11.4. The number of hydrogen-bond acceptors (Lipinski definition) is 4. The monoisotopic (exact) mass is 249 g/mol. The first-order valence-corrected chi connectivity index (χ1v) is 5.61. The van der Waals surface area contributed by atoms with Crippen LogP contribution in [0.15, 0.2) is 36.9 Å². The molecule has 1 unspecified atom stereocenters. The summed E-state index contributed by atoms with van der Waals surface area (Å²) < 4.78 is 4.86. The third-order valence-corrected chi connectivity index (χ3v) is 2.51.